The lowest BCUT2D eigenvalue weighted by atomic mass is 10.1. The maximum atomic E-state index is 12.2. The zero-order valence-electron chi connectivity index (χ0n) is 14.5. The van der Waals surface area contributed by atoms with Crippen molar-refractivity contribution in [3.8, 4) is 5.75 Å². The zero-order valence-corrected chi connectivity index (χ0v) is 14.5. The standard InChI is InChI=1S/C19H26N2O3/c1-13(2)19(23)21-11-3-4-16(21)12-24-17-9-5-14(6-10-17)18(22)20-15-7-8-15/h5-6,9-10,13,15-16H,3-4,7-8,11-12H2,1-2H3,(H,20,22)/t16-/m1/s1. The summed E-state index contributed by atoms with van der Waals surface area (Å²) in [5, 5.41) is 2.97. The Bertz CT molecular complexity index is 593. The summed E-state index contributed by atoms with van der Waals surface area (Å²) in [5.41, 5.74) is 0.659. The fourth-order valence-electron chi connectivity index (χ4n) is 3.02. The van der Waals surface area contributed by atoms with E-state index in [1.807, 2.05) is 30.9 Å². The minimum atomic E-state index is -0.0199. The first-order chi connectivity index (χ1) is 11.5. The maximum Gasteiger partial charge on any atom is 0.251 e. The van der Waals surface area contributed by atoms with Crippen LogP contribution in [0.5, 0.6) is 5.75 Å². The van der Waals surface area contributed by atoms with E-state index in [9.17, 15) is 9.59 Å². The molecule has 0 aromatic heterocycles. The summed E-state index contributed by atoms with van der Waals surface area (Å²) in [6.07, 6.45) is 4.19. The number of hydrogen-bond donors (Lipinski definition) is 1. The number of hydrogen-bond acceptors (Lipinski definition) is 3. The Balaban J connectivity index is 1.52. The van der Waals surface area contributed by atoms with Crippen molar-refractivity contribution in [2.24, 2.45) is 5.92 Å². The molecule has 3 rings (SSSR count). The van der Waals surface area contributed by atoms with Crippen LogP contribution in [-0.4, -0.2) is 41.9 Å². The molecule has 24 heavy (non-hydrogen) atoms. The molecule has 1 aliphatic heterocycles. The minimum absolute atomic E-state index is 0.0199. The molecule has 5 nitrogen and oxygen atoms in total. The van der Waals surface area contributed by atoms with Gasteiger partial charge in [0.25, 0.3) is 5.91 Å². The van der Waals surface area contributed by atoms with Gasteiger partial charge < -0.3 is 15.0 Å². The van der Waals surface area contributed by atoms with E-state index in [0.29, 0.717) is 18.2 Å². The summed E-state index contributed by atoms with van der Waals surface area (Å²) < 4.78 is 5.85. The summed E-state index contributed by atoms with van der Waals surface area (Å²) in [5.74, 6) is 0.943. The highest BCUT2D eigenvalue weighted by Gasteiger charge is 2.30. The molecule has 1 aromatic carbocycles. The second-order valence-electron chi connectivity index (χ2n) is 7.07. The smallest absolute Gasteiger partial charge is 0.251 e. The molecule has 2 amide bonds. The molecule has 130 valence electrons. The molecular formula is C19H26N2O3. The summed E-state index contributed by atoms with van der Waals surface area (Å²) in [6, 6.07) is 7.74. The van der Waals surface area contributed by atoms with Crippen molar-refractivity contribution in [3.05, 3.63) is 29.8 Å². The Morgan fingerprint density at radius 3 is 2.54 bits per heavy atom. The number of nitrogens with zero attached hydrogens (tertiary/aromatic N) is 1. The van der Waals surface area contributed by atoms with Crippen LogP contribution < -0.4 is 10.1 Å². The van der Waals surface area contributed by atoms with E-state index in [2.05, 4.69) is 5.32 Å². The molecule has 0 radical (unpaired) electrons. The van der Waals surface area contributed by atoms with Crippen molar-refractivity contribution >= 4 is 11.8 Å². The van der Waals surface area contributed by atoms with E-state index in [1.54, 1.807) is 12.1 Å². The molecule has 2 fully saturated rings. The second kappa shape index (κ2) is 7.24. The van der Waals surface area contributed by atoms with Gasteiger partial charge in [-0.3, -0.25) is 9.59 Å². The average molecular weight is 330 g/mol. The lowest BCUT2D eigenvalue weighted by Gasteiger charge is -2.26. The van der Waals surface area contributed by atoms with Crippen LogP contribution in [0.2, 0.25) is 0 Å². The molecule has 1 N–H and O–H groups in total. The third-order valence-electron chi connectivity index (χ3n) is 4.63. The van der Waals surface area contributed by atoms with Crippen molar-refractivity contribution in [3.63, 3.8) is 0 Å². The molecule has 5 heteroatoms. The predicted octanol–water partition coefficient (Wildman–Crippen LogP) is 2.60. The van der Waals surface area contributed by atoms with Gasteiger partial charge in [-0.2, -0.15) is 0 Å². The van der Waals surface area contributed by atoms with Gasteiger partial charge >= 0.3 is 0 Å². The van der Waals surface area contributed by atoms with Crippen molar-refractivity contribution in [2.75, 3.05) is 13.2 Å². The van der Waals surface area contributed by atoms with E-state index in [1.165, 1.54) is 0 Å². The first kappa shape index (κ1) is 16.8. The lowest BCUT2D eigenvalue weighted by molar-refractivity contribution is -0.135. The van der Waals surface area contributed by atoms with Gasteiger partial charge in [0.05, 0.1) is 6.04 Å². The molecule has 1 heterocycles. The van der Waals surface area contributed by atoms with Crippen LogP contribution in [0.15, 0.2) is 24.3 Å². The molecule has 1 saturated carbocycles. The van der Waals surface area contributed by atoms with Crippen LogP contribution in [-0.2, 0) is 4.79 Å². The second-order valence-corrected chi connectivity index (χ2v) is 7.07. The topological polar surface area (TPSA) is 58.6 Å². The number of likely N-dealkylation sites (tertiary alicyclic amines) is 1. The van der Waals surface area contributed by atoms with E-state index in [-0.39, 0.29) is 23.8 Å². The van der Waals surface area contributed by atoms with Gasteiger partial charge in [0.15, 0.2) is 0 Å². The Hall–Kier alpha value is -2.04. The number of carbonyl (C=O) groups excluding carboxylic acids is 2. The van der Waals surface area contributed by atoms with Crippen LogP contribution in [0.3, 0.4) is 0 Å². The van der Waals surface area contributed by atoms with E-state index in [4.69, 9.17) is 4.74 Å². The third-order valence-corrected chi connectivity index (χ3v) is 4.63. The number of carbonyl (C=O) groups is 2. The zero-order chi connectivity index (χ0) is 17.1. The first-order valence-electron chi connectivity index (χ1n) is 8.89. The highest BCUT2D eigenvalue weighted by molar-refractivity contribution is 5.94. The van der Waals surface area contributed by atoms with Crippen molar-refractivity contribution in [1.82, 2.24) is 10.2 Å². The van der Waals surface area contributed by atoms with Gasteiger partial charge in [-0.05, 0) is 49.9 Å². The Morgan fingerprint density at radius 1 is 1.21 bits per heavy atom. The summed E-state index contributed by atoms with van der Waals surface area (Å²) in [7, 11) is 0. The predicted molar refractivity (Wildman–Crippen MR) is 92.0 cm³/mol. The Labute approximate surface area is 143 Å². The molecule has 1 aliphatic carbocycles. The van der Waals surface area contributed by atoms with E-state index < -0.39 is 0 Å². The normalized spacial score (nSPS) is 20.3. The van der Waals surface area contributed by atoms with Crippen molar-refractivity contribution < 1.29 is 14.3 Å². The lowest BCUT2D eigenvalue weighted by Crippen LogP contribution is -2.41. The number of nitrogens with one attached hydrogen (secondary N) is 1. The average Bonchev–Trinajstić information content (AvgIpc) is 3.26. The van der Waals surface area contributed by atoms with Gasteiger partial charge in [-0.15, -0.1) is 0 Å². The molecule has 1 saturated heterocycles. The molecular weight excluding hydrogens is 304 g/mol. The highest BCUT2D eigenvalue weighted by atomic mass is 16.5. The molecule has 0 bridgehead atoms. The summed E-state index contributed by atoms with van der Waals surface area (Å²) >= 11 is 0. The number of amides is 2. The Morgan fingerprint density at radius 2 is 1.92 bits per heavy atom. The fourth-order valence-corrected chi connectivity index (χ4v) is 3.02. The van der Waals surface area contributed by atoms with Crippen LogP contribution in [0.1, 0.15) is 49.9 Å². The van der Waals surface area contributed by atoms with Crippen LogP contribution in [0.4, 0.5) is 0 Å². The van der Waals surface area contributed by atoms with E-state index in [0.717, 1.165) is 38.0 Å². The largest absolute Gasteiger partial charge is 0.491 e. The monoisotopic (exact) mass is 330 g/mol. The number of benzene rings is 1. The quantitative estimate of drug-likeness (QED) is 0.872. The van der Waals surface area contributed by atoms with Crippen molar-refractivity contribution in [2.45, 2.75) is 51.6 Å². The number of ether oxygens (including phenoxy) is 1. The molecule has 1 atom stereocenters. The third kappa shape index (κ3) is 4.08. The summed E-state index contributed by atoms with van der Waals surface area (Å²) in [6.45, 7) is 5.20. The van der Waals surface area contributed by atoms with Crippen LogP contribution in [0.25, 0.3) is 0 Å². The highest BCUT2D eigenvalue weighted by Crippen LogP contribution is 2.22. The molecule has 0 unspecified atom stereocenters. The molecule has 2 aliphatic rings. The fraction of sp³-hybridized carbons (Fsp3) is 0.579. The van der Waals surface area contributed by atoms with Gasteiger partial charge in [0.1, 0.15) is 12.4 Å². The maximum absolute atomic E-state index is 12.2. The van der Waals surface area contributed by atoms with Gasteiger partial charge in [-0.25, -0.2) is 0 Å². The summed E-state index contributed by atoms with van der Waals surface area (Å²) in [4.78, 5) is 26.1. The van der Waals surface area contributed by atoms with Crippen LogP contribution in [0, 0.1) is 5.92 Å². The molecule has 0 spiro atoms. The van der Waals surface area contributed by atoms with Gasteiger partial charge in [-0.1, -0.05) is 13.8 Å². The minimum Gasteiger partial charge on any atom is -0.491 e. The Kier molecular flexibility index (Phi) is 5.07. The molecule has 1 aromatic rings. The SMILES string of the molecule is CC(C)C(=O)N1CCC[C@@H]1COc1ccc(C(=O)NC2CC2)cc1. The van der Waals surface area contributed by atoms with E-state index >= 15 is 0 Å². The van der Waals surface area contributed by atoms with Gasteiger partial charge in [0, 0.05) is 24.1 Å². The van der Waals surface area contributed by atoms with Crippen molar-refractivity contribution in [1.29, 1.82) is 0 Å². The number of rotatable bonds is 6. The van der Waals surface area contributed by atoms with Crippen LogP contribution >= 0.6 is 0 Å². The first-order valence-corrected chi connectivity index (χ1v) is 8.89. The van der Waals surface area contributed by atoms with Gasteiger partial charge in [0.2, 0.25) is 5.91 Å².